The van der Waals surface area contributed by atoms with Gasteiger partial charge in [-0.25, -0.2) is 17.9 Å². The third-order valence-electron chi connectivity index (χ3n) is 6.16. The quantitative estimate of drug-likeness (QED) is 0.180. The Hall–Kier alpha value is -2.83. The van der Waals surface area contributed by atoms with Crippen LogP contribution in [0.15, 0.2) is 52.4 Å². The van der Waals surface area contributed by atoms with E-state index >= 15 is 0 Å². The zero-order chi connectivity index (χ0) is 27.0. The van der Waals surface area contributed by atoms with Crippen molar-refractivity contribution in [3.63, 3.8) is 0 Å². The minimum absolute atomic E-state index is 0.158. The van der Waals surface area contributed by atoms with Gasteiger partial charge in [-0.1, -0.05) is 49.9 Å². The van der Waals surface area contributed by atoms with Crippen molar-refractivity contribution in [3.05, 3.63) is 59.2 Å². The summed E-state index contributed by atoms with van der Waals surface area (Å²) in [7, 11) is -2.43. The summed E-state index contributed by atoms with van der Waals surface area (Å²) in [6, 6.07) is 12.0. The molecule has 0 aliphatic carbocycles. The smallest absolute Gasteiger partial charge is 0.440 e. The summed E-state index contributed by atoms with van der Waals surface area (Å²) >= 11 is 0. The molecular formula is C26H36N4O6S. The first kappa shape index (κ1) is 28.7. The van der Waals surface area contributed by atoms with Crippen LogP contribution in [0.25, 0.3) is 0 Å². The molecule has 1 heterocycles. The molecule has 11 heteroatoms. The molecule has 1 aliphatic rings. The fourth-order valence-electron chi connectivity index (χ4n) is 4.00. The Morgan fingerprint density at radius 2 is 2.00 bits per heavy atom. The molecule has 3 rings (SSSR count). The number of hydrogen-bond donors (Lipinski definition) is 3. The predicted octanol–water partition coefficient (Wildman–Crippen LogP) is 1.33. The Labute approximate surface area is 218 Å². The Kier molecular flexibility index (Phi) is 10.2. The van der Waals surface area contributed by atoms with Crippen LogP contribution in [-0.2, 0) is 25.9 Å². The Morgan fingerprint density at radius 3 is 2.62 bits per heavy atom. The van der Waals surface area contributed by atoms with Gasteiger partial charge in [0.1, 0.15) is 6.10 Å². The van der Waals surface area contributed by atoms with Crippen LogP contribution in [0.1, 0.15) is 55.7 Å². The number of quaternary nitrogens is 1. The molecular weight excluding hydrogens is 496 g/mol. The van der Waals surface area contributed by atoms with Crippen LogP contribution in [0.5, 0.6) is 5.75 Å². The minimum Gasteiger partial charge on any atom is -0.872 e. The average molecular weight is 533 g/mol. The minimum atomic E-state index is -4.07. The maximum absolute atomic E-state index is 12.9. The first-order valence-corrected chi connectivity index (χ1v) is 13.9. The standard InChI is InChI=1S/C26H36N4O6S/c1-17(2)19-10-8-18(9-11-19)6-4-14-29-37(33,34)23-16-20(12-13-21(23)31)25(28-3)30-26(32)36-24(27)22-7-5-15-35-22/h8-13,16-17,22,24,29,31H,4-7,14-15,27H2,1-3H3,(H,28,30,32). The molecule has 202 valence electrons. The molecule has 0 bridgehead atoms. The molecule has 1 aliphatic heterocycles. The SMILES string of the molecule is C[NH2+]/C(=N\C(=O)OC(N)C1CCCO1)c1ccc([O-])c(S(=O)(=O)NCCCc2ccc(C(C)C)cc2)c1. The van der Waals surface area contributed by atoms with Crippen LogP contribution in [0.3, 0.4) is 0 Å². The van der Waals surface area contributed by atoms with Gasteiger partial charge in [-0.05, 0) is 54.9 Å². The molecule has 10 nitrogen and oxygen atoms in total. The fraction of sp³-hybridized carbons (Fsp3) is 0.462. The van der Waals surface area contributed by atoms with E-state index in [1.54, 1.807) is 7.05 Å². The van der Waals surface area contributed by atoms with Gasteiger partial charge in [0.2, 0.25) is 15.9 Å². The molecule has 1 saturated heterocycles. The Balaban J connectivity index is 1.63. The summed E-state index contributed by atoms with van der Waals surface area (Å²) < 4.78 is 38.8. The van der Waals surface area contributed by atoms with Crippen LogP contribution in [-0.4, -0.2) is 52.9 Å². The number of rotatable bonds is 10. The highest BCUT2D eigenvalue weighted by atomic mass is 32.2. The maximum Gasteiger partial charge on any atom is 0.440 e. The average Bonchev–Trinajstić information content (AvgIpc) is 3.41. The zero-order valence-corrected chi connectivity index (χ0v) is 22.3. The van der Waals surface area contributed by atoms with E-state index in [1.807, 2.05) is 12.1 Å². The van der Waals surface area contributed by atoms with Crippen molar-refractivity contribution >= 4 is 22.0 Å². The summed E-state index contributed by atoms with van der Waals surface area (Å²) in [5, 5.41) is 13.9. The fourth-order valence-corrected chi connectivity index (χ4v) is 5.18. The molecule has 0 radical (unpaired) electrons. The molecule has 2 unspecified atom stereocenters. The van der Waals surface area contributed by atoms with Gasteiger partial charge in [-0.3, -0.25) is 11.1 Å². The molecule has 1 fully saturated rings. The Bertz CT molecular complexity index is 1190. The van der Waals surface area contributed by atoms with Gasteiger partial charge in [-0.2, -0.15) is 0 Å². The molecule has 2 aromatic rings. The van der Waals surface area contributed by atoms with E-state index in [4.69, 9.17) is 15.2 Å². The van der Waals surface area contributed by atoms with Crippen LogP contribution in [0.2, 0.25) is 0 Å². The lowest BCUT2D eigenvalue weighted by atomic mass is 10.0. The van der Waals surface area contributed by atoms with E-state index in [2.05, 4.69) is 35.7 Å². The number of aryl methyl sites for hydroxylation is 1. The molecule has 5 N–H and O–H groups in total. The third-order valence-corrected chi connectivity index (χ3v) is 7.65. The zero-order valence-electron chi connectivity index (χ0n) is 21.5. The van der Waals surface area contributed by atoms with Crippen LogP contribution in [0.4, 0.5) is 4.79 Å². The van der Waals surface area contributed by atoms with Crippen molar-refractivity contribution in [1.29, 1.82) is 0 Å². The van der Waals surface area contributed by atoms with E-state index < -0.39 is 33.0 Å². The lowest BCUT2D eigenvalue weighted by Crippen LogP contribution is -2.84. The largest absolute Gasteiger partial charge is 0.872 e. The number of sulfonamides is 1. The number of nitrogens with zero attached hydrogens (tertiary/aromatic N) is 1. The van der Waals surface area contributed by atoms with Crippen molar-refractivity contribution in [2.75, 3.05) is 20.2 Å². The number of amidine groups is 1. The molecule has 1 amide bonds. The van der Waals surface area contributed by atoms with E-state index in [-0.39, 0.29) is 24.0 Å². The second-order valence-electron chi connectivity index (χ2n) is 9.24. The molecule has 0 saturated carbocycles. The number of carbonyl (C=O) groups excluding carboxylic acids is 1. The van der Waals surface area contributed by atoms with Crippen molar-refractivity contribution in [3.8, 4) is 5.75 Å². The van der Waals surface area contributed by atoms with E-state index in [1.165, 1.54) is 23.0 Å². The second kappa shape index (κ2) is 13.1. The summed E-state index contributed by atoms with van der Waals surface area (Å²) in [5.41, 5.74) is 8.52. The monoisotopic (exact) mass is 532 g/mol. The van der Waals surface area contributed by atoms with Crippen LogP contribution < -0.4 is 20.9 Å². The molecule has 2 atom stereocenters. The van der Waals surface area contributed by atoms with E-state index in [9.17, 15) is 18.3 Å². The molecule has 0 aromatic heterocycles. The van der Waals surface area contributed by atoms with Crippen LogP contribution in [0, 0.1) is 0 Å². The van der Waals surface area contributed by atoms with Crippen molar-refractivity contribution in [2.24, 2.45) is 10.7 Å². The lowest BCUT2D eigenvalue weighted by Gasteiger charge is -2.17. The van der Waals surface area contributed by atoms with Crippen molar-refractivity contribution in [2.45, 2.75) is 62.7 Å². The van der Waals surface area contributed by atoms with Gasteiger partial charge in [0, 0.05) is 13.2 Å². The highest BCUT2D eigenvalue weighted by molar-refractivity contribution is 7.89. The van der Waals surface area contributed by atoms with Gasteiger partial charge in [0.05, 0.1) is 17.5 Å². The molecule has 37 heavy (non-hydrogen) atoms. The third kappa shape index (κ3) is 8.08. The summed E-state index contributed by atoms with van der Waals surface area (Å²) in [5.74, 6) is -0.0479. The molecule has 0 spiro atoms. The number of ether oxygens (including phenoxy) is 2. The summed E-state index contributed by atoms with van der Waals surface area (Å²) in [6.07, 6.45) is 0.541. The first-order valence-electron chi connectivity index (χ1n) is 12.5. The Morgan fingerprint density at radius 1 is 1.27 bits per heavy atom. The number of amides is 1. The summed E-state index contributed by atoms with van der Waals surface area (Å²) in [4.78, 5) is 15.8. The van der Waals surface area contributed by atoms with Crippen molar-refractivity contribution < 1.29 is 33.1 Å². The summed E-state index contributed by atoms with van der Waals surface area (Å²) in [6.45, 7) is 4.99. The number of nitrogens with two attached hydrogens (primary N) is 2. The van der Waals surface area contributed by atoms with Gasteiger partial charge in [-0.15, -0.1) is 4.99 Å². The number of carbonyl (C=O) groups is 1. The van der Waals surface area contributed by atoms with Crippen molar-refractivity contribution in [1.82, 2.24) is 4.72 Å². The van der Waals surface area contributed by atoms with Gasteiger partial charge in [0.15, 0.2) is 6.23 Å². The number of hydrogen-bond acceptors (Lipinski definition) is 7. The van der Waals surface area contributed by atoms with E-state index in [0.717, 1.165) is 18.1 Å². The first-order chi connectivity index (χ1) is 17.6. The van der Waals surface area contributed by atoms with E-state index in [0.29, 0.717) is 31.8 Å². The van der Waals surface area contributed by atoms with Gasteiger partial charge >= 0.3 is 6.09 Å². The lowest BCUT2D eigenvalue weighted by molar-refractivity contribution is -0.505. The topological polar surface area (TPSA) is 160 Å². The maximum atomic E-state index is 12.9. The predicted molar refractivity (Wildman–Crippen MR) is 138 cm³/mol. The number of benzene rings is 2. The second-order valence-corrected chi connectivity index (χ2v) is 11.0. The number of nitrogens with one attached hydrogen (secondary N) is 1. The highest BCUT2D eigenvalue weighted by Crippen LogP contribution is 2.22. The van der Waals surface area contributed by atoms with Gasteiger partial charge in [0.25, 0.3) is 0 Å². The van der Waals surface area contributed by atoms with Crippen LogP contribution >= 0.6 is 0 Å². The van der Waals surface area contributed by atoms with Gasteiger partial charge < -0.3 is 14.6 Å². The number of aliphatic imine (C=N–C) groups is 1. The normalized spacial score (nSPS) is 17.2. The molecule has 2 aromatic carbocycles. The highest BCUT2D eigenvalue weighted by Gasteiger charge is 2.26.